The van der Waals surface area contributed by atoms with Crippen LogP contribution in [0.1, 0.15) is 59.8 Å². The Bertz CT molecular complexity index is 701. The van der Waals surface area contributed by atoms with Crippen LogP contribution in [0.2, 0.25) is 18.1 Å². The molecule has 2 fully saturated rings. The molecule has 3 rings (SSSR count). The van der Waals surface area contributed by atoms with Crippen LogP contribution in [0.25, 0.3) is 0 Å². The Kier molecular flexibility index (Phi) is 8.45. The molecular weight excluding hydrogens is 420 g/mol. The van der Waals surface area contributed by atoms with Crippen LogP contribution in [-0.2, 0) is 23.4 Å². The Balaban J connectivity index is 1.69. The van der Waals surface area contributed by atoms with Gasteiger partial charge in [0, 0.05) is 19.1 Å². The first-order chi connectivity index (χ1) is 15.0. The second-order valence-electron chi connectivity index (χ2n) is 11.4. The summed E-state index contributed by atoms with van der Waals surface area (Å²) in [6.45, 7) is 15.0. The van der Waals surface area contributed by atoms with Crippen LogP contribution in [0.15, 0.2) is 23.8 Å². The molecule has 3 aliphatic rings. The SMILES string of the molecule is COC(=O)C(C)C=CC1=CC2CC(OC3CCCCO3)C(CO[Si](C)(C)C(C)(C)C)C2C1. The maximum atomic E-state index is 11.7. The summed E-state index contributed by atoms with van der Waals surface area (Å²) in [6.07, 6.45) is 12.0. The van der Waals surface area contributed by atoms with Gasteiger partial charge in [-0.2, -0.15) is 0 Å². The van der Waals surface area contributed by atoms with Crippen molar-refractivity contribution in [1.82, 2.24) is 0 Å². The molecule has 32 heavy (non-hydrogen) atoms. The molecule has 182 valence electrons. The van der Waals surface area contributed by atoms with E-state index in [1.165, 1.54) is 19.1 Å². The largest absolute Gasteiger partial charge is 0.469 e. The number of carbonyl (C=O) groups is 1. The van der Waals surface area contributed by atoms with Gasteiger partial charge < -0.3 is 18.6 Å². The predicted molar refractivity (Wildman–Crippen MR) is 130 cm³/mol. The van der Waals surface area contributed by atoms with Crippen molar-refractivity contribution in [3.8, 4) is 0 Å². The van der Waals surface area contributed by atoms with E-state index >= 15 is 0 Å². The van der Waals surface area contributed by atoms with Gasteiger partial charge in [0.25, 0.3) is 0 Å². The molecular formula is C26H44O5Si. The van der Waals surface area contributed by atoms with E-state index in [4.69, 9.17) is 18.6 Å². The zero-order valence-corrected chi connectivity index (χ0v) is 22.2. The quantitative estimate of drug-likeness (QED) is 0.332. The zero-order chi connectivity index (χ0) is 23.5. The van der Waals surface area contributed by atoms with E-state index in [-0.39, 0.29) is 29.3 Å². The monoisotopic (exact) mass is 464 g/mol. The molecule has 0 amide bonds. The lowest BCUT2D eigenvalue weighted by Gasteiger charge is -2.38. The summed E-state index contributed by atoms with van der Waals surface area (Å²) in [5.41, 5.74) is 1.32. The van der Waals surface area contributed by atoms with E-state index in [1.54, 1.807) is 0 Å². The third-order valence-corrected chi connectivity index (χ3v) is 12.6. The first-order valence-corrected chi connectivity index (χ1v) is 15.3. The molecule has 0 N–H and O–H groups in total. The molecule has 0 aromatic carbocycles. The van der Waals surface area contributed by atoms with Crippen LogP contribution in [0.5, 0.6) is 0 Å². The minimum atomic E-state index is -1.83. The summed E-state index contributed by atoms with van der Waals surface area (Å²) in [5, 5.41) is 0.194. The van der Waals surface area contributed by atoms with E-state index in [9.17, 15) is 4.79 Å². The molecule has 2 aliphatic carbocycles. The topological polar surface area (TPSA) is 54.0 Å². The number of carbonyl (C=O) groups excluding carboxylic acids is 1. The van der Waals surface area contributed by atoms with E-state index in [0.717, 1.165) is 38.9 Å². The van der Waals surface area contributed by atoms with Crippen molar-refractivity contribution in [3.63, 3.8) is 0 Å². The van der Waals surface area contributed by atoms with Crippen molar-refractivity contribution in [2.75, 3.05) is 20.3 Å². The number of fused-ring (bicyclic) bond motifs is 1. The number of methoxy groups -OCH3 is 1. The van der Waals surface area contributed by atoms with Gasteiger partial charge in [0.1, 0.15) is 0 Å². The highest BCUT2D eigenvalue weighted by Crippen LogP contribution is 2.49. The fourth-order valence-corrected chi connectivity index (χ4v) is 5.94. The van der Waals surface area contributed by atoms with E-state index < -0.39 is 8.32 Å². The Morgan fingerprint density at radius 2 is 2.06 bits per heavy atom. The first kappa shape index (κ1) is 25.7. The minimum Gasteiger partial charge on any atom is -0.469 e. The molecule has 1 saturated carbocycles. The second kappa shape index (κ2) is 10.5. The van der Waals surface area contributed by atoms with Crippen molar-refractivity contribution in [2.24, 2.45) is 23.7 Å². The molecule has 6 atom stereocenters. The van der Waals surface area contributed by atoms with Crippen LogP contribution in [-0.4, -0.2) is 47.0 Å². The van der Waals surface area contributed by atoms with Gasteiger partial charge in [-0.25, -0.2) is 0 Å². The van der Waals surface area contributed by atoms with Crippen LogP contribution < -0.4 is 0 Å². The van der Waals surface area contributed by atoms with E-state index in [2.05, 4.69) is 46.0 Å². The van der Waals surface area contributed by atoms with Crippen molar-refractivity contribution in [1.29, 1.82) is 0 Å². The molecule has 1 heterocycles. The first-order valence-electron chi connectivity index (χ1n) is 12.4. The summed E-state index contributed by atoms with van der Waals surface area (Å²) in [6, 6.07) is 0. The van der Waals surface area contributed by atoms with Gasteiger partial charge >= 0.3 is 5.97 Å². The minimum absolute atomic E-state index is 0.0628. The highest BCUT2D eigenvalue weighted by molar-refractivity contribution is 6.74. The smallest absolute Gasteiger partial charge is 0.312 e. The Labute approximate surface area is 196 Å². The summed E-state index contributed by atoms with van der Waals surface area (Å²) in [5.74, 6) is 0.992. The zero-order valence-electron chi connectivity index (χ0n) is 21.2. The normalized spacial score (nSPS) is 32.1. The van der Waals surface area contributed by atoms with Crippen molar-refractivity contribution >= 4 is 14.3 Å². The van der Waals surface area contributed by atoms with Gasteiger partial charge in [-0.05, 0) is 69.0 Å². The molecule has 6 heteroatoms. The molecule has 6 unspecified atom stereocenters. The van der Waals surface area contributed by atoms with Gasteiger partial charge in [0.05, 0.1) is 19.1 Å². The maximum absolute atomic E-state index is 11.7. The lowest BCUT2D eigenvalue weighted by atomic mass is 9.90. The fourth-order valence-electron chi connectivity index (χ4n) is 4.90. The number of ether oxygens (including phenoxy) is 3. The maximum Gasteiger partial charge on any atom is 0.312 e. The predicted octanol–water partition coefficient (Wildman–Crippen LogP) is 5.87. The Morgan fingerprint density at radius 1 is 1.31 bits per heavy atom. The molecule has 5 nitrogen and oxygen atoms in total. The molecule has 0 aromatic heterocycles. The molecule has 0 bridgehead atoms. The molecule has 1 saturated heterocycles. The standard InChI is InChI=1S/C26H44O5Si/c1-18(25(27)28-5)11-12-19-14-20-16-23(31-24-10-8-9-13-29-24)22(21(20)15-19)17-30-32(6,7)26(2,3)4/h11-12,14,18,20-24H,8-10,13,15-17H2,1-7H3. The van der Waals surface area contributed by atoms with Gasteiger partial charge in [-0.15, -0.1) is 0 Å². The van der Waals surface area contributed by atoms with Crippen LogP contribution in [0, 0.1) is 23.7 Å². The van der Waals surface area contributed by atoms with Gasteiger partial charge in [0.2, 0.25) is 0 Å². The van der Waals surface area contributed by atoms with E-state index in [0.29, 0.717) is 17.8 Å². The van der Waals surface area contributed by atoms with Gasteiger partial charge in [0.15, 0.2) is 14.6 Å². The molecule has 0 aromatic rings. The number of esters is 1. The summed E-state index contributed by atoms with van der Waals surface area (Å²) < 4.78 is 24.0. The van der Waals surface area contributed by atoms with Gasteiger partial charge in [-0.1, -0.05) is 44.6 Å². The van der Waals surface area contributed by atoms with Crippen molar-refractivity contribution in [3.05, 3.63) is 23.8 Å². The van der Waals surface area contributed by atoms with Crippen LogP contribution >= 0.6 is 0 Å². The van der Waals surface area contributed by atoms with Crippen LogP contribution in [0.3, 0.4) is 0 Å². The number of hydrogen-bond donors (Lipinski definition) is 0. The lowest BCUT2D eigenvalue weighted by molar-refractivity contribution is -0.197. The summed E-state index contributed by atoms with van der Waals surface area (Å²) >= 11 is 0. The average Bonchev–Trinajstić information content (AvgIpc) is 3.27. The third kappa shape index (κ3) is 6.13. The summed E-state index contributed by atoms with van der Waals surface area (Å²) in [7, 11) is -0.392. The number of hydrogen-bond acceptors (Lipinski definition) is 5. The van der Waals surface area contributed by atoms with Crippen LogP contribution in [0.4, 0.5) is 0 Å². The second-order valence-corrected chi connectivity index (χ2v) is 16.2. The average molecular weight is 465 g/mol. The van der Waals surface area contributed by atoms with Crippen molar-refractivity contribution in [2.45, 2.75) is 90.3 Å². The van der Waals surface area contributed by atoms with Crippen molar-refractivity contribution < 1.29 is 23.4 Å². The molecule has 0 radical (unpaired) electrons. The molecule has 0 spiro atoms. The fraction of sp³-hybridized carbons (Fsp3) is 0.808. The third-order valence-electron chi connectivity index (χ3n) is 8.06. The Hall–Kier alpha value is -0.953. The number of rotatable bonds is 8. The van der Waals surface area contributed by atoms with Gasteiger partial charge in [-0.3, -0.25) is 4.79 Å². The number of allylic oxidation sites excluding steroid dienone is 3. The Morgan fingerprint density at radius 3 is 2.69 bits per heavy atom. The highest BCUT2D eigenvalue weighted by atomic mass is 28.4. The van der Waals surface area contributed by atoms with E-state index in [1.807, 2.05) is 13.0 Å². The summed E-state index contributed by atoms with van der Waals surface area (Å²) in [4.78, 5) is 11.7. The highest BCUT2D eigenvalue weighted by Gasteiger charge is 2.48. The lowest BCUT2D eigenvalue weighted by Crippen LogP contribution is -2.44. The molecule has 1 aliphatic heterocycles.